The van der Waals surface area contributed by atoms with Gasteiger partial charge >= 0.3 is 0 Å². The van der Waals surface area contributed by atoms with Gasteiger partial charge in [0.2, 0.25) is 11.9 Å². The third-order valence-electron chi connectivity index (χ3n) is 6.17. The Kier molecular flexibility index (Phi) is 8.09. The van der Waals surface area contributed by atoms with Gasteiger partial charge in [0.1, 0.15) is 5.82 Å². The van der Waals surface area contributed by atoms with E-state index in [1.165, 1.54) is 31.2 Å². The van der Waals surface area contributed by atoms with E-state index in [2.05, 4.69) is 29.7 Å². The number of rotatable bonds is 5. The molecule has 4 heterocycles. The first-order valence-corrected chi connectivity index (χ1v) is 14.5. The lowest BCUT2D eigenvalue weighted by molar-refractivity contribution is 0.820. The smallest absolute Gasteiger partial charge is 0.230 e. The molecule has 0 aliphatic carbocycles. The van der Waals surface area contributed by atoms with E-state index in [0.717, 1.165) is 74.9 Å². The van der Waals surface area contributed by atoms with E-state index in [1.807, 2.05) is 49.4 Å². The second-order valence-corrected chi connectivity index (χ2v) is 11.7. The third kappa shape index (κ3) is 6.38. The Morgan fingerprint density at radius 2 is 1.47 bits per heavy atom. The summed E-state index contributed by atoms with van der Waals surface area (Å²) in [6, 6.07) is 13.7. The molecular weight excluding hydrogens is 510 g/mol. The molecule has 0 atom stereocenters. The molecular formula is C26H30ClN7S2. The Morgan fingerprint density at radius 3 is 2.08 bits per heavy atom. The van der Waals surface area contributed by atoms with Crippen LogP contribution in [-0.2, 0) is 5.75 Å². The molecule has 10 heteroatoms. The number of nitrogen functional groups attached to an aromatic ring is 1. The maximum atomic E-state index is 5.87. The van der Waals surface area contributed by atoms with E-state index in [4.69, 9.17) is 17.3 Å². The average Bonchev–Trinajstić information content (AvgIpc) is 3.66. The van der Waals surface area contributed by atoms with Crippen molar-refractivity contribution in [2.24, 2.45) is 0 Å². The summed E-state index contributed by atoms with van der Waals surface area (Å²) in [5.41, 5.74) is 8.81. The molecule has 2 aromatic heterocycles. The van der Waals surface area contributed by atoms with Crippen molar-refractivity contribution in [3.8, 4) is 0 Å². The van der Waals surface area contributed by atoms with Gasteiger partial charge in [-0.3, -0.25) is 0 Å². The summed E-state index contributed by atoms with van der Waals surface area (Å²) >= 11 is 9.28. The number of anilines is 3. The van der Waals surface area contributed by atoms with E-state index in [9.17, 15) is 0 Å². The van der Waals surface area contributed by atoms with Gasteiger partial charge in [0.25, 0.3) is 0 Å². The first kappa shape index (κ1) is 25.0. The van der Waals surface area contributed by atoms with Gasteiger partial charge in [-0.2, -0.15) is 15.0 Å². The molecule has 0 radical (unpaired) electrons. The number of aromatic nitrogens is 4. The Labute approximate surface area is 225 Å². The van der Waals surface area contributed by atoms with Crippen LogP contribution in [0.3, 0.4) is 0 Å². The van der Waals surface area contributed by atoms with Crippen LogP contribution in [0.1, 0.15) is 37.1 Å². The van der Waals surface area contributed by atoms with Crippen molar-refractivity contribution in [3.63, 3.8) is 0 Å². The monoisotopic (exact) mass is 539 g/mol. The number of fused-ring (bicyclic) bond motifs is 1. The zero-order chi connectivity index (χ0) is 24.9. The van der Waals surface area contributed by atoms with Crippen LogP contribution in [0.4, 0.5) is 17.6 Å². The van der Waals surface area contributed by atoms with Crippen LogP contribution in [0, 0.1) is 6.92 Å². The van der Waals surface area contributed by atoms with E-state index >= 15 is 0 Å². The standard InChI is InChI=1S/C14H11ClN2S2.C12H19N5/c15-10-3-1-9(2-4-10)8-18-14-17-12-6-5-11(16)7-13(12)19-14;1-10-13-11(16-6-2-3-7-16)15-12(14-10)17-8-4-5-9-17/h1-7H,8,16H2;2-9H2,1H3. The molecule has 2 N–H and O–H groups in total. The maximum absolute atomic E-state index is 5.87. The number of thiazole rings is 1. The minimum absolute atomic E-state index is 0.768. The summed E-state index contributed by atoms with van der Waals surface area (Å²) in [6.45, 7) is 6.30. The Morgan fingerprint density at radius 1 is 0.861 bits per heavy atom. The third-order valence-corrected chi connectivity index (χ3v) is 8.65. The zero-order valence-corrected chi connectivity index (χ0v) is 22.7. The van der Waals surface area contributed by atoms with E-state index in [0.29, 0.717) is 0 Å². The number of thioether (sulfide) groups is 1. The predicted octanol–water partition coefficient (Wildman–Crippen LogP) is 6.20. The zero-order valence-electron chi connectivity index (χ0n) is 20.4. The lowest BCUT2D eigenvalue weighted by Gasteiger charge is -2.19. The molecule has 2 fully saturated rings. The van der Waals surface area contributed by atoms with Crippen LogP contribution in [0.15, 0.2) is 46.8 Å². The van der Waals surface area contributed by atoms with Gasteiger partial charge < -0.3 is 15.5 Å². The Balaban J connectivity index is 0.000000149. The van der Waals surface area contributed by atoms with Crippen molar-refractivity contribution in [2.75, 3.05) is 41.7 Å². The lowest BCUT2D eigenvalue weighted by Crippen LogP contribution is -2.25. The van der Waals surface area contributed by atoms with Crippen molar-refractivity contribution in [1.29, 1.82) is 0 Å². The second kappa shape index (κ2) is 11.6. The first-order chi connectivity index (χ1) is 17.5. The highest BCUT2D eigenvalue weighted by Gasteiger charge is 2.20. The maximum Gasteiger partial charge on any atom is 0.230 e. The van der Waals surface area contributed by atoms with E-state index in [-0.39, 0.29) is 0 Å². The average molecular weight is 540 g/mol. The number of nitrogens with two attached hydrogens (primary N) is 1. The molecule has 188 valence electrons. The van der Waals surface area contributed by atoms with Crippen molar-refractivity contribution in [1.82, 2.24) is 19.9 Å². The van der Waals surface area contributed by atoms with Gasteiger partial charge in [-0.1, -0.05) is 35.5 Å². The summed E-state index contributed by atoms with van der Waals surface area (Å²) in [6.07, 6.45) is 5.01. The van der Waals surface area contributed by atoms with Crippen molar-refractivity contribution < 1.29 is 0 Å². The molecule has 0 unspecified atom stereocenters. The van der Waals surface area contributed by atoms with Crippen LogP contribution in [-0.4, -0.2) is 46.1 Å². The van der Waals surface area contributed by atoms with Gasteiger partial charge in [0.05, 0.1) is 10.2 Å². The quantitative estimate of drug-likeness (QED) is 0.237. The molecule has 0 amide bonds. The molecule has 6 rings (SSSR count). The van der Waals surface area contributed by atoms with Crippen molar-refractivity contribution in [3.05, 3.63) is 58.9 Å². The minimum atomic E-state index is 0.768. The Hall–Kier alpha value is -2.62. The molecule has 2 aliphatic rings. The topological polar surface area (TPSA) is 84.1 Å². The van der Waals surface area contributed by atoms with Gasteiger partial charge in [-0.25, -0.2) is 4.98 Å². The van der Waals surface area contributed by atoms with E-state index < -0.39 is 0 Å². The number of hydrogen-bond donors (Lipinski definition) is 1. The fourth-order valence-electron chi connectivity index (χ4n) is 4.28. The first-order valence-electron chi connectivity index (χ1n) is 12.3. The van der Waals surface area contributed by atoms with Crippen LogP contribution in [0.2, 0.25) is 5.02 Å². The fraction of sp³-hybridized carbons (Fsp3) is 0.385. The molecule has 4 aromatic rings. The number of benzene rings is 2. The second-order valence-electron chi connectivity index (χ2n) is 8.99. The highest BCUT2D eigenvalue weighted by molar-refractivity contribution is 8.00. The fourth-order valence-corrected chi connectivity index (χ4v) is 6.48. The summed E-state index contributed by atoms with van der Waals surface area (Å²) in [4.78, 5) is 22.7. The normalized spacial score (nSPS) is 15.4. The molecule has 7 nitrogen and oxygen atoms in total. The van der Waals surface area contributed by atoms with Crippen LogP contribution >= 0.6 is 34.7 Å². The molecule has 2 aliphatic heterocycles. The summed E-state index contributed by atoms with van der Waals surface area (Å²) in [7, 11) is 0. The summed E-state index contributed by atoms with van der Waals surface area (Å²) in [5.74, 6) is 3.48. The summed E-state index contributed by atoms with van der Waals surface area (Å²) in [5, 5.41) is 0.768. The lowest BCUT2D eigenvalue weighted by atomic mass is 10.2. The van der Waals surface area contributed by atoms with Crippen molar-refractivity contribution >= 4 is 62.5 Å². The van der Waals surface area contributed by atoms with Gasteiger partial charge in [0.15, 0.2) is 4.34 Å². The predicted molar refractivity (Wildman–Crippen MR) is 153 cm³/mol. The van der Waals surface area contributed by atoms with E-state index in [1.54, 1.807) is 23.1 Å². The molecule has 0 spiro atoms. The largest absolute Gasteiger partial charge is 0.399 e. The van der Waals surface area contributed by atoms with Crippen molar-refractivity contribution in [2.45, 2.75) is 42.7 Å². The minimum Gasteiger partial charge on any atom is -0.399 e. The van der Waals surface area contributed by atoms with Gasteiger partial charge in [-0.15, -0.1) is 11.3 Å². The number of aryl methyl sites for hydroxylation is 1. The number of halogens is 1. The molecule has 2 saturated heterocycles. The molecule has 2 aromatic carbocycles. The number of hydrogen-bond acceptors (Lipinski definition) is 9. The SMILES string of the molecule is Cc1nc(N2CCCC2)nc(N2CCCC2)n1.Nc1ccc2nc(SCc3ccc(Cl)cc3)sc2c1. The molecule has 36 heavy (non-hydrogen) atoms. The highest BCUT2D eigenvalue weighted by Crippen LogP contribution is 2.32. The van der Waals surface area contributed by atoms with Crippen LogP contribution in [0.25, 0.3) is 10.2 Å². The van der Waals surface area contributed by atoms with Crippen LogP contribution in [0.5, 0.6) is 0 Å². The van der Waals surface area contributed by atoms with Gasteiger partial charge in [-0.05, 0) is 68.5 Å². The molecule has 0 saturated carbocycles. The van der Waals surface area contributed by atoms with Gasteiger partial charge in [0, 0.05) is 42.6 Å². The van der Waals surface area contributed by atoms with Crippen LogP contribution < -0.4 is 15.5 Å². The Bertz CT molecular complexity index is 1270. The molecule has 0 bridgehead atoms. The summed E-state index contributed by atoms with van der Waals surface area (Å²) < 4.78 is 2.20. The number of nitrogens with zero attached hydrogens (tertiary/aromatic N) is 6. The highest BCUT2D eigenvalue weighted by atomic mass is 35.5.